The third kappa shape index (κ3) is 13.2. The minimum atomic E-state index is -0.543. The molecule has 0 radical (unpaired) electrons. The van der Waals surface area contributed by atoms with Gasteiger partial charge in [-0.1, -0.05) is 52.4 Å². The van der Waals surface area contributed by atoms with Crippen LogP contribution in [0.15, 0.2) is 121 Å². The van der Waals surface area contributed by atoms with Crippen LogP contribution in [0.5, 0.6) is 28.7 Å². The van der Waals surface area contributed by atoms with Crippen LogP contribution >= 0.6 is 0 Å². The molecule has 5 aromatic rings. The summed E-state index contributed by atoms with van der Waals surface area (Å²) in [6.07, 6.45) is 8.99. The van der Waals surface area contributed by atoms with Gasteiger partial charge in [0, 0.05) is 37.4 Å². The maximum Gasteiger partial charge on any atom is 0.343 e. The van der Waals surface area contributed by atoms with Crippen molar-refractivity contribution < 1.29 is 42.9 Å². The largest absolute Gasteiger partial charge is 0.494 e. The Balaban J connectivity index is 0.905. The zero-order chi connectivity index (χ0) is 42.8. The summed E-state index contributed by atoms with van der Waals surface area (Å²) in [7, 11) is 0. The van der Waals surface area contributed by atoms with Crippen LogP contribution in [0.25, 0.3) is 0 Å². The highest BCUT2D eigenvalue weighted by Crippen LogP contribution is 2.24. The fourth-order valence-electron chi connectivity index (χ4n) is 6.71. The summed E-state index contributed by atoms with van der Waals surface area (Å²) in [6, 6.07) is 33.8. The number of rotatable bonds is 20. The zero-order valence-electron chi connectivity index (χ0n) is 35.0. The van der Waals surface area contributed by atoms with Crippen molar-refractivity contribution in [1.82, 2.24) is 4.90 Å². The smallest absolute Gasteiger partial charge is 0.343 e. The van der Waals surface area contributed by atoms with E-state index in [1.165, 1.54) is 25.7 Å². The van der Waals surface area contributed by atoms with Crippen LogP contribution in [0.3, 0.4) is 0 Å². The van der Waals surface area contributed by atoms with E-state index in [0.717, 1.165) is 31.4 Å². The standard InChI is InChI=1S/C50H54N2O9/c1-3-5-7-9-35-57-42-21-13-38(14-22-42)48(54)59-44-25-11-37(12-26-44)47(53)52-33-31-51(32-34-52)41-19-29-46(30-20-41)61-50(56)40-17-27-45(28-18-40)60-49(55)39-15-23-43(24-16-39)58-36-10-8-6-4-2/h11-30H,3-10,31-36H2,1-2H3. The molecule has 61 heavy (non-hydrogen) atoms. The van der Waals surface area contributed by atoms with E-state index < -0.39 is 17.9 Å². The first-order valence-electron chi connectivity index (χ1n) is 21.3. The van der Waals surface area contributed by atoms with Gasteiger partial charge in [0.1, 0.15) is 28.7 Å². The molecule has 1 heterocycles. The molecule has 0 spiro atoms. The van der Waals surface area contributed by atoms with Crippen molar-refractivity contribution in [3.8, 4) is 28.7 Å². The quantitative estimate of drug-likeness (QED) is 0.0426. The van der Waals surface area contributed by atoms with Gasteiger partial charge in [-0.25, -0.2) is 14.4 Å². The van der Waals surface area contributed by atoms with Gasteiger partial charge in [-0.15, -0.1) is 0 Å². The van der Waals surface area contributed by atoms with Crippen LogP contribution in [0.2, 0.25) is 0 Å². The van der Waals surface area contributed by atoms with Gasteiger partial charge < -0.3 is 33.5 Å². The molecule has 5 aromatic carbocycles. The molecule has 0 unspecified atom stereocenters. The average Bonchev–Trinajstić information content (AvgIpc) is 3.30. The molecule has 0 aliphatic carbocycles. The van der Waals surface area contributed by atoms with Crippen molar-refractivity contribution in [2.75, 3.05) is 44.3 Å². The van der Waals surface area contributed by atoms with Gasteiger partial charge in [0.25, 0.3) is 5.91 Å². The first-order chi connectivity index (χ1) is 29.8. The van der Waals surface area contributed by atoms with Gasteiger partial charge in [0.2, 0.25) is 0 Å². The van der Waals surface area contributed by atoms with Gasteiger partial charge in [0.15, 0.2) is 0 Å². The molecule has 0 bridgehead atoms. The van der Waals surface area contributed by atoms with Crippen LogP contribution in [0.1, 0.15) is 107 Å². The highest BCUT2D eigenvalue weighted by Gasteiger charge is 2.23. The summed E-state index contributed by atoms with van der Waals surface area (Å²) >= 11 is 0. The monoisotopic (exact) mass is 826 g/mol. The van der Waals surface area contributed by atoms with Gasteiger partial charge in [-0.05, 0) is 134 Å². The molecule has 0 saturated carbocycles. The molecule has 1 saturated heterocycles. The van der Waals surface area contributed by atoms with Crippen LogP contribution < -0.4 is 28.6 Å². The molecule has 0 N–H and O–H groups in total. The Bertz CT molecular complexity index is 2160. The predicted octanol–water partition coefficient (Wildman–Crippen LogP) is 10.2. The summed E-state index contributed by atoms with van der Waals surface area (Å²) in [5.74, 6) is 0.824. The van der Waals surface area contributed by atoms with E-state index >= 15 is 0 Å². The number of piperazine rings is 1. The zero-order valence-corrected chi connectivity index (χ0v) is 35.0. The molecule has 1 aliphatic heterocycles. The first kappa shape index (κ1) is 43.9. The SMILES string of the molecule is CCCCCCOc1ccc(C(=O)Oc2ccc(C(=O)Oc3ccc(N4CCN(C(=O)c5ccc(OC(=O)c6ccc(OCCCCCC)cc6)cc5)CC4)cc3)cc2)cc1. The molecule has 0 aromatic heterocycles. The van der Waals surface area contributed by atoms with Crippen molar-refractivity contribution in [2.45, 2.75) is 65.2 Å². The number of hydrogen-bond acceptors (Lipinski definition) is 10. The molecule has 1 aliphatic rings. The van der Waals surface area contributed by atoms with Crippen molar-refractivity contribution in [2.24, 2.45) is 0 Å². The fourth-order valence-corrected chi connectivity index (χ4v) is 6.71. The van der Waals surface area contributed by atoms with Crippen molar-refractivity contribution in [1.29, 1.82) is 0 Å². The summed E-state index contributed by atoms with van der Waals surface area (Å²) < 4.78 is 28.2. The second-order valence-corrected chi connectivity index (χ2v) is 14.9. The topological polar surface area (TPSA) is 121 Å². The molecule has 6 rings (SSSR count). The van der Waals surface area contributed by atoms with E-state index in [1.807, 2.05) is 12.1 Å². The number of anilines is 1. The number of hydrogen-bond donors (Lipinski definition) is 0. The average molecular weight is 827 g/mol. The lowest BCUT2D eigenvalue weighted by atomic mass is 10.1. The summed E-state index contributed by atoms with van der Waals surface area (Å²) in [6.45, 7) is 7.93. The number of nitrogens with zero attached hydrogens (tertiary/aromatic N) is 2. The van der Waals surface area contributed by atoms with E-state index in [1.54, 1.807) is 114 Å². The number of carbonyl (C=O) groups excluding carboxylic acids is 4. The number of esters is 3. The Morgan fingerprint density at radius 1 is 0.410 bits per heavy atom. The molecule has 1 amide bonds. The van der Waals surface area contributed by atoms with Crippen LogP contribution in [-0.4, -0.2) is 68.1 Å². The number of ether oxygens (including phenoxy) is 5. The van der Waals surface area contributed by atoms with Crippen LogP contribution in [0.4, 0.5) is 5.69 Å². The van der Waals surface area contributed by atoms with Crippen LogP contribution in [-0.2, 0) is 0 Å². The van der Waals surface area contributed by atoms with Gasteiger partial charge in [-0.2, -0.15) is 0 Å². The minimum Gasteiger partial charge on any atom is -0.494 e. The molecule has 318 valence electrons. The van der Waals surface area contributed by atoms with Gasteiger partial charge in [0.05, 0.1) is 29.9 Å². The Hall–Kier alpha value is -6.62. The third-order valence-electron chi connectivity index (χ3n) is 10.3. The lowest BCUT2D eigenvalue weighted by Crippen LogP contribution is -2.48. The predicted molar refractivity (Wildman–Crippen MR) is 234 cm³/mol. The highest BCUT2D eigenvalue weighted by atomic mass is 16.5. The molecule has 0 atom stereocenters. The first-order valence-corrected chi connectivity index (χ1v) is 21.3. The Morgan fingerprint density at radius 3 is 1.13 bits per heavy atom. The van der Waals surface area contributed by atoms with Crippen molar-refractivity contribution in [3.05, 3.63) is 144 Å². The van der Waals surface area contributed by atoms with Crippen LogP contribution in [0, 0.1) is 0 Å². The normalized spacial score (nSPS) is 12.4. The van der Waals surface area contributed by atoms with Gasteiger partial charge in [-0.3, -0.25) is 4.79 Å². The van der Waals surface area contributed by atoms with Crippen molar-refractivity contribution in [3.63, 3.8) is 0 Å². The molecular formula is C50H54N2O9. The van der Waals surface area contributed by atoms with E-state index in [2.05, 4.69) is 18.7 Å². The molecular weight excluding hydrogens is 773 g/mol. The lowest BCUT2D eigenvalue weighted by Gasteiger charge is -2.36. The number of carbonyl (C=O) groups is 4. The molecule has 11 nitrogen and oxygen atoms in total. The number of amides is 1. The highest BCUT2D eigenvalue weighted by molar-refractivity contribution is 5.95. The molecule has 11 heteroatoms. The Morgan fingerprint density at radius 2 is 0.754 bits per heavy atom. The van der Waals surface area contributed by atoms with E-state index in [0.29, 0.717) is 90.4 Å². The fraction of sp³-hybridized carbons (Fsp3) is 0.320. The number of benzene rings is 5. The second kappa shape index (κ2) is 22.7. The van der Waals surface area contributed by atoms with E-state index in [-0.39, 0.29) is 5.91 Å². The van der Waals surface area contributed by atoms with E-state index in [4.69, 9.17) is 23.7 Å². The molecule has 1 fully saturated rings. The Labute approximate surface area is 358 Å². The maximum absolute atomic E-state index is 13.3. The summed E-state index contributed by atoms with van der Waals surface area (Å²) in [5, 5.41) is 0. The summed E-state index contributed by atoms with van der Waals surface area (Å²) in [5.41, 5.74) is 2.56. The lowest BCUT2D eigenvalue weighted by molar-refractivity contribution is 0.0722. The number of unbranched alkanes of at least 4 members (excludes halogenated alkanes) is 6. The Kier molecular flexibility index (Phi) is 16.3. The second-order valence-electron chi connectivity index (χ2n) is 14.9. The third-order valence-corrected chi connectivity index (χ3v) is 10.3. The van der Waals surface area contributed by atoms with E-state index in [9.17, 15) is 19.2 Å². The van der Waals surface area contributed by atoms with Crippen molar-refractivity contribution >= 4 is 29.5 Å². The van der Waals surface area contributed by atoms with Gasteiger partial charge >= 0.3 is 17.9 Å². The summed E-state index contributed by atoms with van der Waals surface area (Å²) in [4.78, 5) is 55.6. The minimum absolute atomic E-state index is 0.0971. The maximum atomic E-state index is 13.3.